The van der Waals surface area contributed by atoms with Gasteiger partial charge in [-0.25, -0.2) is 4.98 Å². The number of nitrogens with zero attached hydrogens (tertiary/aromatic N) is 2. The molecule has 1 unspecified atom stereocenters. The largest absolute Gasteiger partial charge is 0.327 e. The molecule has 102 valence electrons. The van der Waals surface area contributed by atoms with Gasteiger partial charge >= 0.3 is 0 Å². The molecular formula is C13H16ClN3S2. The van der Waals surface area contributed by atoms with Gasteiger partial charge in [-0.3, -0.25) is 0 Å². The number of benzene rings is 1. The standard InChI is InChI=1S/C13H16ClN3S2/c1-3-9(15)7-10-11(14)5-4-6-12(10)18-13-16-8(2)17-19-13/h4-6,9H,3,7,15H2,1-2H3. The van der Waals surface area contributed by atoms with Gasteiger partial charge in [-0.05, 0) is 49.0 Å². The molecule has 2 aromatic rings. The Morgan fingerprint density at radius 2 is 2.26 bits per heavy atom. The van der Waals surface area contributed by atoms with E-state index in [0.29, 0.717) is 0 Å². The van der Waals surface area contributed by atoms with E-state index in [4.69, 9.17) is 17.3 Å². The Bertz CT molecular complexity index is 557. The highest BCUT2D eigenvalue weighted by Gasteiger charge is 2.13. The number of halogens is 1. The third-order valence-corrected chi connectivity index (χ3v) is 5.07. The summed E-state index contributed by atoms with van der Waals surface area (Å²) >= 11 is 9.32. The Morgan fingerprint density at radius 3 is 2.89 bits per heavy atom. The van der Waals surface area contributed by atoms with Crippen molar-refractivity contribution < 1.29 is 0 Å². The second-order valence-corrected chi connectivity index (χ2v) is 6.75. The van der Waals surface area contributed by atoms with Crippen molar-refractivity contribution in [1.82, 2.24) is 9.36 Å². The zero-order valence-electron chi connectivity index (χ0n) is 10.9. The van der Waals surface area contributed by atoms with Crippen LogP contribution >= 0.6 is 34.9 Å². The van der Waals surface area contributed by atoms with Gasteiger partial charge in [0, 0.05) is 16.0 Å². The predicted octanol–water partition coefficient (Wildman–Crippen LogP) is 3.93. The summed E-state index contributed by atoms with van der Waals surface area (Å²) in [6.45, 7) is 3.98. The van der Waals surface area contributed by atoms with Crippen LogP contribution < -0.4 is 5.73 Å². The Balaban J connectivity index is 2.26. The Kier molecular flexibility index (Phi) is 5.21. The first kappa shape index (κ1) is 14.8. The summed E-state index contributed by atoms with van der Waals surface area (Å²) in [6, 6.07) is 6.06. The van der Waals surface area contributed by atoms with Crippen molar-refractivity contribution in [3.63, 3.8) is 0 Å². The van der Waals surface area contributed by atoms with Gasteiger partial charge in [0.1, 0.15) is 5.82 Å². The van der Waals surface area contributed by atoms with Crippen LogP contribution in [0.15, 0.2) is 27.4 Å². The molecule has 0 fully saturated rings. The molecule has 1 atom stereocenters. The van der Waals surface area contributed by atoms with Gasteiger partial charge in [-0.15, -0.1) is 0 Å². The smallest absolute Gasteiger partial charge is 0.174 e. The van der Waals surface area contributed by atoms with Gasteiger partial charge in [-0.1, -0.05) is 36.4 Å². The third kappa shape index (κ3) is 3.92. The average Bonchev–Trinajstić information content (AvgIpc) is 2.79. The van der Waals surface area contributed by atoms with Gasteiger partial charge in [0.2, 0.25) is 0 Å². The van der Waals surface area contributed by atoms with Crippen LogP contribution in [0.5, 0.6) is 0 Å². The van der Waals surface area contributed by atoms with Crippen molar-refractivity contribution in [3.8, 4) is 0 Å². The molecule has 0 aliphatic carbocycles. The van der Waals surface area contributed by atoms with E-state index in [1.807, 2.05) is 19.1 Å². The first-order chi connectivity index (χ1) is 9.10. The lowest BCUT2D eigenvalue weighted by Gasteiger charge is -2.13. The second-order valence-electron chi connectivity index (χ2n) is 4.30. The van der Waals surface area contributed by atoms with E-state index in [1.165, 1.54) is 11.5 Å². The summed E-state index contributed by atoms with van der Waals surface area (Å²) in [5.74, 6) is 0.807. The summed E-state index contributed by atoms with van der Waals surface area (Å²) in [6.07, 6.45) is 1.73. The van der Waals surface area contributed by atoms with Crippen LogP contribution in [0.3, 0.4) is 0 Å². The van der Waals surface area contributed by atoms with Crippen molar-refractivity contribution in [2.75, 3.05) is 0 Å². The molecule has 0 radical (unpaired) electrons. The van der Waals surface area contributed by atoms with Crippen molar-refractivity contribution in [1.29, 1.82) is 0 Å². The van der Waals surface area contributed by atoms with Crippen LogP contribution in [0.4, 0.5) is 0 Å². The van der Waals surface area contributed by atoms with E-state index >= 15 is 0 Å². The van der Waals surface area contributed by atoms with Gasteiger partial charge in [0.05, 0.1) is 0 Å². The summed E-state index contributed by atoms with van der Waals surface area (Å²) in [4.78, 5) is 5.49. The number of hydrogen-bond acceptors (Lipinski definition) is 5. The number of aryl methyl sites for hydroxylation is 1. The van der Waals surface area contributed by atoms with Crippen molar-refractivity contribution in [2.24, 2.45) is 5.73 Å². The lowest BCUT2D eigenvalue weighted by Crippen LogP contribution is -2.21. The monoisotopic (exact) mass is 313 g/mol. The van der Waals surface area contributed by atoms with Gasteiger partial charge in [0.15, 0.2) is 4.34 Å². The highest BCUT2D eigenvalue weighted by atomic mass is 35.5. The molecule has 0 amide bonds. The molecule has 6 heteroatoms. The van der Waals surface area contributed by atoms with E-state index in [2.05, 4.69) is 22.3 Å². The zero-order chi connectivity index (χ0) is 13.8. The number of nitrogens with two attached hydrogens (primary N) is 1. The third-order valence-electron chi connectivity index (χ3n) is 2.77. The lowest BCUT2D eigenvalue weighted by atomic mass is 10.0. The maximum atomic E-state index is 6.30. The SMILES string of the molecule is CCC(N)Cc1c(Cl)cccc1Sc1nc(C)ns1. The predicted molar refractivity (Wildman–Crippen MR) is 82.2 cm³/mol. The molecule has 1 heterocycles. The summed E-state index contributed by atoms with van der Waals surface area (Å²) < 4.78 is 5.13. The zero-order valence-corrected chi connectivity index (χ0v) is 13.3. The van der Waals surface area contributed by atoms with Gasteiger partial charge in [0.25, 0.3) is 0 Å². The van der Waals surface area contributed by atoms with E-state index < -0.39 is 0 Å². The van der Waals surface area contributed by atoms with Crippen LogP contribution in [0, 0.1) is 6.92 Å². The van der Waals surface area contributed by atoms with E-state index in [0.717, 1.165) is 38.5 Å². The van der Waals surface area contributed by atoms with Crippen molar-refractivity contribution >= 4 is 34.9 Å². The van der Waals surface area contributed by atoms with Gasteiger partial charge < -0.3 is 5.73 Å². The molecular weight excluding hydrogens is 298 g/mol. The van der Waals surface area contributed by atoms with Crippen molar-refractivity contribution in [2.45, 2.75) is 42.0 Å². The lowest BCUT2D eigenvalue weighted by molar-refractivity contribution is 0.641. The number of aromatic nitrogens is 2. The fraction of sp³-hybridized carbons (Fsp3) is 0.385. The molecule has 19 heavy (non-hydrogen) atoms. The quantitative estimate of drug-likeness (QED) is 0.908. The number of rotatable bonds is 5. The molecule has 1 aromatic heterocycles. The van der Waals surface area contributed by atoms with Crippen molar-refractivity contribution in [3.05, 3.63) is 34.6 Å². The second kappa shape index (κ2) is 6.70. The first-order valence-electron chi connectivity index (χ1n) is 6.11. The topological polar surface area (TPSA) is 51.8 Å². The molecule has 0 bridgehead atoms. The fourth-order valence-corrected chi connectivity index (χ4v) is 3.74. The maximum absolute atomic E-state index is 6.30. The molecule has 0 spiro atoms. The van der Waals surface area contributed by atoms with Crippen LogP contribution in [-0.2, 0) is 6.42 Å². The highest BCUT2D eigenvalue weighted by Crippen LogP contribution is 2.35. The summed E-state index contributed by atoms with van der Waals surface area (Å²) in [5, 5.41) is 0.773. The minimum absolute atomic E-state index is 0.135. The Labute approximate surface area is 126 Å². The molecule has 0 aliphatic rings. The first-order valence-corrected chi connectivity index (χ1v) is 8.08. The summed E-state index contributed by atoms with van der Waals surface area (Å²) in [5.41, 5.74) is 7.15. The van der Waals surface area contributed by atoms with Crippen LogP contribution in [0.2, 0.25) is 5.02 Å². The Hall–Kier alpha value is -0.620. The molecule has 0 aliphatic heterocycles. The Morgan fingerprint density at radius 1 is 1.47 bits per heavy atom. The van der Waals surface area contributed by atoms with Crippen LogP contribution in [0.25, 0.3) is 0 Å². The molecule has 0 saturated carbocycles. The van der Waals surface area contributed by atoms with Crippen LogP contribution in [-0.4, -0.2) is 15.4 Å². The minimum Gasteiger partial charge on any atom is -0.327 e. The maximum Gasteiger partial charge on any atom is 0.174 e. The molecule has 0 saturated heterocycles. The minimum atomic E-state index is 0.135. The van der Waals surface area contributed by atoms with E-state index in [1.54, 1.807) is 11.8 Å². The normalized spacial score (nSPS) is 12.6. The van der Waals surface area contributed by atoms with Crippen LogP contribution in [0.1, 0.15) is 24.7 Å². The highest BCUT2D eigenvalue weighted by molar-refractivity contribution is 8.01. The fourth-order valence-electron chi connectivity index (χ4n) is 1.65. The number of hydrogen-bond donors (Lipinski definition) is 1. The molecule has 2 rings (SSSR count). The van der Waals surface area contributed by atoms with E-state index in [9.17, 15) is 0 Å². The van der Waals surface area contributed by atoms with Gasteiger partial charge in [-0.2, -0.15) is 4.37 Å². The summed E-state index contributed by atoms with van der Waals surface area (Å²) in [7, 11) is 0. The molecule has 2 N–H and O–H groups in total. The average molecular weight is 314 g/mol. The molecule has 1 aromatic carbocycles. The molecule has 3 nitrogen and oxygen atoms in total. The van der Waals surface area contributed by atoms with E-state index in [-0.39, 0.29) is 6.04 Å².